The predicted molar refractivity (Wildman–Crippen MR) is 143 cm³/mol. The van der Waals surface area contributed by atoms with Crippen LogP contribution in [0.5, 0.6) is 5.75 Å². The number of aliphatic hydroxyl groups excluding tert-OH is 1. The molecule has 2 aromatic rings. The van der Waals surface area contributed by atoms with E-state index in [1.165, 1.54) is 40.7 Å². The standard InChI is InChI=1S/C31H48O2/c1-9-12-13-20-33-28-18-17-27(22-24(28)5)31(10-2,11-3)26-16-14-25(23(4)21-26)15-19-29(32)30(6,7)8/h14,16-18,21-22,29,32H,9-13,15,19-20H2,1-8H3. The number of benzene rings is 2. The summed E-state index contributed by atoms with van der Waals surface area (Å²) >= 11 is 0. The second-order valence-electron chi connectivity index (χ2n) is 10.9. The van der Waals surface area contributed by atoms with E-state index in [0.717, 1.165) is 44.5 Å². The van der Waals surface area contributed by atoms with Crippen molar-refractivity contribution in [3.05, 3.63) is 64.2 Å². The van der Waals surface area contributed by atoms with E-state index < -0.39 is 0 Å². The van der Waals surface area contributed by atoms with Gasteiger partial charge in [-0.15, -0.1) is 0 Å². The Bertz CT molecular complexity index is 871. The fraction of sp³-hybridized carbons (Fsp3) is 0.613. The number of ether oxygens (including phenoxy) is 1. The minimum atomic E-state index is -0.285. The van der Waals surface area contributed by atoms with Gasteiger partial charge in [-0.05, 0) is 85.3 Å². The summed E-state index contributed by atoms with van der Waals surface area (Å²) in [6, 6.07) is 13.8. The third kappa shape index (κ3) is 6.85. The molecule has 1 unspecified atom stereocenters. The van der Waals surface area contributed by atoms with E-state index in [1.807, 2.05) is 0 Å². The first-order valence-corrected chi connectivity index (χ1v) is 13.1. The van der Waals surface area contributed by atoms with Crippen LogP contribution >= 0.6 is 0 Å². The van der Waals surface area contributed by atoms with Crippen molar-refractivity contribution in [3.63, 3.8) is 0 Å². The van der Waals surface area contributed by atoms with Gasteiger partial charge in [0, 0.05) is 5.41 Å². The topological polar surface area (TPSA) is 29.5 Å². The molecule has 0 radical (unpaired) electrons. The SMILES string of the molecule is CCCCCOc1ccc(C(CC)(CC)c2ccc(CCC(O)C(C)(C)C)c(C)c2)cc1C. The average Bonchev–Trinajstić information content (AvgIpc) is 2.77. The lowest BCUT2D eigenvalue weighted by Crippen LogP contribution is -2.27. The van der Waals surface area contributed by atoms with Gasteiger partial charge >= 0.3 is 0 Å². The van der Waals surface area contributed by atoms with Gasteiger partial charge in [0.25, 0.3) is 0 Å². The molecule has 1 N–H and O–H groups in total. The Morgan fingerprint density at radius 1 is 0.848 bits per heavy atom. The van der Waals surface area contributed by atoms with Crippen LogP contribution in [0.15, 0.2) is 36.4 Å². The van der Waals surface area contributed by atoms with E-state index in [2.05, 4.69) is 91.8 Å². The fourth-order valence-corrected chi connectivity index (χ4v) is 4.88. The summed E-state index contributed by atoms with van der Waals surface area (Å²) in [7, 11) is 0. The molecule has 0 aliphatic rings. The van der Waals surface area contributed by atoms with E-state index in [-0.39, 0.29) is 16.9 Å². The van der Waals surface area contributed by atoms with E-state index in [4.69, 9.17) is 4.74 Å². The maximum atomic E-state index is 10.5. The molecule has 33 heavy (non-hydrogen) atoms. The highest BCUT2D eigenvalue weighted by Gasteiger charge is 2.31. The van der Waals surface area contributed by atoms with Gasteiger partial charge in [0.1, 0.15) is 5.75 Å². The second kappa shape index (κ2) is 12.1. The van der Waals surface area contributed by atoms with Gasteiger partial charge in [-0.1, -0.05) is 84.7 Å². The summed E-state index contributed by atoms with van der Waals surface area (Å²) in [6.45, 7) is 18.3. The smallest absolute Gasteiger partial charge is 0.122 e. The van der Waals surface area contributed by atoms with Crippen molar-refractivity contribution in [2.75, 3.05) is 6.61 Å². The Balaban J connectivity index is 2.27. The molecule has 2 aromatic carbocycles. The molecule has 0 amide bonds. The third-order valence-electron chi connectivity index (χ3n) is 7.52. The summed E-state index contributed by atoms with van der Waals surface area (Å²) in [5.74, 6) is 1.01. The molecular formula is C31H48O2. The largest absolute Gasteiger partial charge is 0.493 e. The molecule has 0 heterocycles. The first-order valence-electron chi connectivity index (χ1n) is 13.1. The van der Waals surface area contributed by atoms with Crippen LogP contribution in [0.2, 0.25) is 0 Å². The Morgan fingerprint density at radius 2 is 1.45 bits per heavy atom. The molecule has 184 valence electrons. The molecule has 0 saturated carbocycles. The van der Waals surface area contributed by atoms with E-state index in [1.54, 1.807) is 0 Å². The van der Waals surface area contributed by atoms with Gasteiger partial charge in [-0.25, -0.2) is 0 Å². The minimum Gasteiger partial charge on any atom is -0.493 e. The van der Waals surface area contributed by atoms with E-state index in [9.17, 15) is 5.11 Å². The van der Waals surface area contributed by atoms with Gasteiger partial charge in [0.05, 0.1) is 12.7 Å². The van der Waals surface area contributed by atoms with Crippen molar-refractivity contribution in [1.29, 1.82) is 0 Å². The van der Waals surface area contributed by atoms with Crippen LogP contribution in [0.4, 0.5) is 0 Å². The quantitative estimate of drug-likeness (QED) is 0.328. The van der Waals surface area contributed by atoms with Crippen molar-refractivity contribution >= 4 is 0 Å². The average molecular weight is 453 g/mol. The highest BCUT2D eigenvalue weighted by Crippen LogP contribution is 2.41. The summed E-state index contributed by atoms with van der Waals surface area (Å²) < 4.78 is 6.06. The highest BCUT2D eigenvalue weighted by atomic mass is 16.5. The van der Waals surface area contributed by atoms with E-state index in [0.29, 0.717) is 0 Å². The van der Waals surface area contributed by atoms with Crippen LogP contribution in [0.1, 0.15) is 108 Å². The van der Waals surface area contributed by atoms with Crippen molar-refractivity contribution in [3.8, 4) is 5.75 Å². The summed E-state index contributed by atoms with van der Waals surface area (Å²) in [4.78, 5) is 0. The number of hydrogen-bond acceptors (Lipinski definition) is 2. The zero-order valence-electron chi connectivity index (χ0n) is 22.6. The Hall–Kier alpha value is -1.80. The molecule has 2 rings (SSSR count). The number of rotatable bonds is 12. The van der Waals surface area contributed by atoms with Gasteiger partial charge in [-0.3, -0.25) is 0 Å². The minimum absolute atomic E-state index is 0.000284. The maximum absolute atomic E-state index is 10.5. The lowest BCUT2D eigenvalue weighted by molar-refractivity contribution is 0.0560. The number of unbranched alkanes of at least 4 members (excludes halogenated alkanes) is 2. The highest BCUT2D eigenvalue weighted by molar-refractivity contribution is 5.47. The first-order chi connectivity index (χ1) is 15.6. The van der Waals surface area contributed by atoms with E-state index >= 15 is 0 Å². The molecule has 0 bridgehead atoms. The Morgan fingerprint density at radius 3 is 1.97 bits per heavy atom. The first kappa shape index (κ1) is 27.4. The molecule has 1 atom stereocenters. The van der Waals surface area contributed by atoms with Gasteiger partial charge < -0.3 is 9.84 Å². The number of hydrogen-bond donors (Lipinski definition) is 1. The number of aliphatic hydroxyl groups is 1. The molecule has 0 fully saturated rings. The predicted octanol–water partition coefficient (Wildman–Crippen LogP) is 8.32. The second-order valence-corrected chi connectivity index (χ2v) is 10.9. The van der Waals surface area contributed by atoms with Crippen LogP contribution in [0, 0.1) is 19.3 Å². The molecule has 2 heteroatoms. The van der Waals surface area contributed by atoms with Crippen LogP contribution < -0.4 is 4.74 Å². The summed E-state index contributed by atoms with van der Waals surface area (Å²) in [5, 5.41) is 10.5. The third-order valence-corrected chi connectivity index (χ3v) is 7.52. The lowest BCUT2D eigenvalue weighted by Gasteiger charge is -2.34. The van der Waals surface area contributed by atoms with Crippen LogP contribution in [-0.4, -0.2) is 17.8 Å². The van der Waals surface area contributed by atoms with Crippen LogP contribution in [0.3, 0.4) is 0 Å². The summed E-state index contributed by atoms with van der Waals surface area (Å²) in [5.41, 5.74) is 6.58. The fourth-order valence-electron chi connectivity index (χ4n) is 4.88. The van der Waals surface area contributed by atoms with Crippen molar-refractivity contribution < 1.29 is 9.84 Å². The Labute approximate surface area is 203 Å². The molecular weight excluding hydrogens is 404 g/mol. The monoisotopic (exact) mass is 452 g/mol. The Kier molecular flexibility index (Phi) is 10.0. The van der Waals surface area contributed by atoms with Crippen LogP contribution in [0.25, 0.3) is 0 Å². The lowest BCUT2D eigenvalue weighted by atomic mass is 9.69. The zero-order valence-corrected chi connectivity index (χ0v) is 22.6. The molecule has 0 spiro atoms. The molecule has 0 aliphatic carbocycles. The molecule has 2 nitrogen and oxygen atoms in total. The summed E-state index contributed by atoms with van der Waals surface area (Å²) in [6.07, 6.45) is 7.09. The molecule has 0 aliphatic heterocycles. The van der Waals surface area contributed by atoms with Gasteiger partial charge in [0.15, 0.2) is 0 Å². The van der Waals surface area contributed by atoms with Crippen molar-refractivity contribution in [2.45, 2.75) is 112 Å². The maximum Gasteiger partial charge on any atom is 0.122 e. The zero-order chi connectivity index (χ0) is 24.6. The normalized spacial score (nSPS) is 13.2. The van der Waals surface area contributed by atoms with Gasteiger partial charge in [-0.2, -0.15) is 0 Å². The van der Waals surface area contributed by atoms with Gasteiger partial charge in [0.2, 0.25) is 0 Å². The number of aryl methyl sites for hydroxylation is 3. The van der Waals surface area contributed by atoms with Crippen LogP contribution in [-0.2, 0) is 11.8 Å². The van der Waals surface area contributed by atoms with Crippen molar-refractivity contribution in [1.82, 2.24) is 0 Å². The van der Waals surface area contributed by atoms with Crippen molar-refractivity contribution in [2.24, 2.45) is 5.41 Å². The molecule has 0 saturated heterocycles. The molecule has 0 aromatic heterocycles.